The van der Waals surface area contributed by atoms with Gasteiger partial charge in [0.15, 0.2) is 11.5 Å². The van der Waals surface area contributed by atoms with Crippen molar-refractivity contribution in [3.63, 3.8) is 0 Å². The fraction of sp³-hybridized carbons (Fsp3) is 0.448. The van der Waals surface area contributed by atoms with Crippen LogP contribution in [-0.4, -0.2) is 44.3 Å². The Labute approximate surface area is 222 Å². The van der Waals surface area contributed by atoms with Crippen LogP contribution < -0.4 is 18.9 Å². The average Bonchev–Trinajstić information content (AvgIpc) is 3.41. The van der Waals surface area contributed by atoms with Crippen molar-refractivity contribution in [1.29, 1.82) is 0 Å². The lowest BCUT2D eigenvalue weighted by Crippen LogP contribution is -2.17. The van der Waals surface area contributed by atoms with Gasteiger partial charge in [-0.15, -0.1) is 0 Å². The first-order valence-electron chi connectivity index (χ1n) is 12.9. The predicted molar refractivity (Wildman–Crippen MR) is 142 cm³/mol. The molecule has 0 unspecified atom stereocenters. The number of carbonyl (C=O) groups excluding carboxylic acids is 1. The van der Waals surface area contributed by atoms with Gasteiger partial charge in [0.05, 0.1) is 17.5 Å². The number of aromatic nitrogens is 1. The van der Waals surface area contributed by atoms with Gasteiger partial charge in [-0.1, -0.05) is 43.4 Å². The third kappa shape index (κ3) is 6.11. The Kier molecular flexibility index (Phi) is 8.31. The SMILES string of the molecule is COCCCOc1cc2nccc(Oc3ccc(CC(=O)CC4CCCC4)c(Cl)c3)c2c2c1OCCO2. The lowest BCUT2D eigenvalue weighted by atomic mass is 9.97. The van der Waals surface area contributed by atoms with Crippen LogP contribution in [0.15, 0.2) is 36.5 Å². The summed E-state index contributed by atoms with van der Waals surface area (Å²) in [7, 11) is 1.66. The van der Waals surface area contributed by atoms with E-state index in [1.165, 1.54) is 12.8 Å². The van der Waals surface area contributed by atoms with Crippen LogP contribution in [0.25, 0.3) is 10.9 Å². The van der Waals surface area contributed by atoms with Gasteiger partial charge in [0.1, 0.15) is 30.5 Å². The van der Waals surface area contributed by atoms with Crippen molar-refractivity contribution in [3.05, 3.63) is 47.1 Å². The molecule has 2 aromatic carbocycles. The Morgan fingerprint density at radius 1 is 1.05 bits per heavy atom. The minimum absolute atomic E-state index is 0.242. The van der Waals surface area contributed by atoms with Crippen LogP contribution in [0.3, 0.4) is 0 Å². The van der Waals surface area contributed by atoms with Gasteiger partial charge >= 0.3 is 0 Å². The van der Waals surface area contributed by atoms with Gasteiger partial charge in [0.2, 0.25) is 5.75 Å². The summed E-state index contributed by atoms with van der Waals surface area (Å²) in [5.74, 6) is 3.58. The van der Waals surface area contributed by atoms with E-state index in [-0.39, 0.29) is 5.78 Å². The molecule has 0 saturated heterocycles. The van der Waals surface area contributed by atoms with Crippen molar-refractivity contribution >= 4 is 28.3 Å². The molecule has 1 fully saturated rings. The van der Waals surface area contributed by atoms with E-state index in [4.69, 9.17) is 35.3 Å². The normalized spacial score (nSPS) is 15.2. The largest absolute Gasteiger partial charge is 0.489 e. The Hall–Kier alpha value is -3.03. The third-order valence-corrected chi connectivity index (χ3v) is 7.18. The molecular weight excluding hydrogens is 494 g/mol. The van der Waals surface area contributed by atoms with Crippen molar-refractivity contribution in [2.24, 2.45) is 5.92 Å². The number of benzene rings is 2. The first kappa shape index (κ1) is 25.6. The quantitative estimate of drug-likeness (QED) is 0.262. The number of rotatable bonds is 11. The number of Topliss-reactive ketones (excluding diaryl/α,β-unsaturated/α-hetero) is 1. The van der Waals surface area contributed by atoms with Crippen molar-refractivity contribution in [1.82, 2.24) is 4.98 Å². The number of hydrogen-bond acceptors (Lipinski definition) is 7. The molecule has 2 aliphatic rings. The van der Waals surface area contributed by atoms with Crippen LogP contribution in [0, 0.1) is 5.92 Å². The molecule has 1 aromatic heterocycles. The van der Waals surface area contributed by atoms with Gasteiger partial charge in [-0.2, -0.15) is 0 Å². The topological polar surface area (TPSA) is 76.1 Å². The highest BCUT2D eigenvalue weighted by Crippen LogP contribution is 2.48. The molecule has 0 amide bonds. The minimum atomic E-state index is 0.242. The second-order valence-corrected chi connectivity index (χ2v) is 9.96. The highest BCUT2D eigenvalue weighted by atomic mass is 35.5. The maximum absolute atomic E-state index is 12.6. The number of fused-ring (bicyclic) bond motifs is 3. The zero-order valence-electron chi connectivity index (χ0n) is 21.1. The third-order valence-electron chi connectivity index (χ3n) is 6.82. The summed E-state index contributed by atoms with van der Waals surface area (Å²) in [5, 5.41) is 1.22. The summed E-state index contributed by atoms with van der Waals surface area (Å²) in [6, 6.07) is 9.09. The van der Waals surface area contributed by atoms with Gasteiger partial charge in [-0.25, -0.2) is 0 Å². The number of nitrogens with zero attached hydrogens (tertiary/aromatic N) is 1. The molecule has 7 nitrogen and oxygen atoms in total. The molecule has 3 aromatic rings. The van der Waals surface area contributed by atoms with Crippen LogP contribution in [0.5, 0.6) is 28.7 Å². The number of ether oxygens (including phenoxy) is 5. The minimum Gasteiger partial charge on any atom is -0.489 e. The second-order valence-electron chi connectivity index (χ2n) is 9.55. The van der Waals surface area contributed by atoms with E-state index < -0.39 is 0 Å². The standard InChI is InChI=1S/C29H32ClNO6/c1-33-11-4-12-34-26-18-24-27(29-28(26)35-13-14-36-29)25(9-10-31-24)37-22-8-7-20(23(30)17-22)16-21(32)15-19-5-2-3-6-19/h7-10,17-19H,2-6,11-16H2,1H3. The van der Waals surface area contributed by atoms with Gasteiger partial charge in [0.25, 0.3) is 0 Å². The summed E-state index contributed by atoms with van der Waals surface area (Å²) in [4.78, 5) is 17.1. The summed E-state index contributed by atoms with van der Waals surface area (Å²) in [6.45, 7) is 1.94. The van der Waals surface area contributed by atoms with E-state index in [2.05, 4.69) is 4.98 Å². The highest BCUT2D eigenvalue weighted by molar-refractivity contribution is 6.31. The van der Waals surface area contributed by atoms with Crippen LogP contribution in [-0.2, 0) is 16.0 Å². The summed E-state index contributed by atoms with van der Waals surface area (Å²) in [6.07, 6.45) is 8.21. The molecule has 0 atom stereocenters. The van der Waals surface area contributed by atoms with Gasteiger partial charge in [-0.3, -0.25) is 9.78 Å². The average molecular weight is 526 g/mol. The second kappa shape index (κ2) is 12.0. The Bertz CT molecular complexity index is 1260. The van der Waals surface area contributed by atoms with E-state index in [1.807, 2.05) is 18.2 Å². The molecule has 8 heteroatoms. The zero-order valence-corrected chi connectivity index (χ0v) is 21.9. The maximum Gasteiger partial charge on any atom is 0.204 e. The molecule has 0 N–H and O–H groups in total. The number of carbonyl (C=O) groups is 1. The van der Waals surface area contributed by atoms with E-state index in [0.717, 1.165) is 24.8 Å². The van der Waals surface area contributed by atoms with E-state index in [9.17, 15) is 4.79 Å². The van der Waals surface area contributed by atoms with Crippen molar-refractivity contribution in [2.75, 3.05) is 33.5 Å². The summed E-state index contributed by atoms with van der Waals surface area (Å²) in [5.41, 5.74) is 1.49. The molecular formula is C29H32ClNO6. The fourth-order valence-electron chi connectivity index (χ4n) is 5.03. The Balaban J connectivity index is 1.36. The summed E-state index contributed by atoms with van der Waals surface area (Å²) >= 11 is 6.57. The number of methoxy groups -OCH3 is 1. The molecule has 1 saturated carbocycles. The molecule has 0 radical (unpaired) electrons. The van der Waals surface area contributed by atoms with Crippen molar-refractivity contribution in [2.45, 2.75) is 44.9 Å². The lowest BCUT2D eigenvalue weighted by molar-refractivity contribution is -0.119. The van der Waals surface area contributed by atoms with Crippen LogP contribution >= 0.6 is 11.6 Å². The highest BCUT2D eigenvalue weighted by Gasteiger charge is 2.25. The summed E-state index contributed by atoms with van der Waals surface area (Å²) < 4.78 is 29.3. The molecule has 0 spiro atoms. The molecule has 2 heterocycles. The van der Waals surface area contributed by atoms with Crippen molar-refractivity contribution < 1.29 is 28.5 Å². The van der Waals surface area contributed by atoms with E-state index >= 15 is 0 Å². The van der Waals surface area contributed by atoms with Gasteiger partial charge in [0, 0.05) is 50.3 Å². The van der Waals surface area contributed by atoms with E-state index in [0.29, 0.717) is 89.9 Å². The van der Waals surface area contributed by atoms with Crippen LogP contribution in [0.2, 0.25) is 5.02 Å². The number of pyridine rings is 1. The molecule has 37 heavy (non-hydrogen) atoms. The van der Waals surface area contributed by atoms with Crippen LogP contribution in [0.1, 0.15) is 44.1 Å². The van der Waals surface area contributed by atoms with Crippen molar-refractivity contribution in [3.8, 4) is 28.7 Å². The maximum atomic E-state index is 12.6. The molecule has 1 aliphatic carbocycles. The Morgan fingerprint density at radius 3 is 2.65 bits per heavy atom. The number of ketones is 1. The first-order chi connectivity index (χ1) is 18.1. The molecule has 196 valence electrons. The predicted octanol–water partition coefficient (Wildman–Crippen LogP) is 6.56. The first-order valence-corrected chi connectivity index (χ1v) is 13.3. The molecule has 1 aliphatic heterocycles. The number of halogens is 1. The molecule has 0 bridgehead atoms. The smallest absolute Gasteiger partial charge is 0.204 e. The van der Waals surface area contributed by atoms with Gasteiger partial charge in [-0.05, 0) is 29.7 Å². The van der Waals surface area contributed by atoms with Crippen LogP contribution in [0.4, 0.5) is 0 Å². The monoisotopic (exact) mass is 525 g/mol. The van der Waals surface area contributed by atoms with E-state index in [1.54, 1.807) is 25.4 Å². The lowest BCUT2D eigenvalue weighted by Gasteiger charge is -2.23. The fourth-order valence-corrected chi connectivity index (χ4v) is 5.27. The zero-order chi connectivity index (χ0) is 25.6. The number of hydrogen-bond donors (Lipinski definition) is 0. The Morgan fingerprint density at radius 2 is 1.86 bits per heavy atom. The molecule has 5 rings (SSSR count). The van der Waals surface area contributed by atoms with Gasteiger partial charge < -0.3 is 23.7 Å².